The highest BCUT2D eigenvalue weighted by Gasteiger charge is 2.03. The molecule has 68 valence electrons. The third-order valence-electron chi connectivity index (χ3n) is 2.03. The quantitative estimate of drug-likeness (QED) is 0.716. The largest absolute Gasteiger partial charge is 0.242 e. The maximum Gasteiger partial charge on any atom is 0.148 e. The van der Waals surface area contributed by atoms with Gasteiger partial charge in [-0.25, -0.2) is 4.98 Å². The van der Waals surface area contributed by atoms with E-state index in [0.29, 0.717) is 5.69 Å². The standard InChI is InChI=1S/C11H7BrN2/c1-7-4-8-5-9(12)2-3-10(8)11(6-13)14-7/h2-5H,1H3. The van der Waals surface area contributed by atoms with E-state index < -0.39 is 0 Å². The van der Waals surface area contributed by atoms with Crippen molar-refractivity contribution in [3.05, 3.63) is 40.1 Å². The van der Waals surface area contributed by atoms with E-state index in [4.69, 9.17) is 5.26 Å². The Bertz CT molecular complexity index is 535. The second kappa shape index (κ2) is 3.39. The van der Waals surface area contributed by atoms with Gasteiger partial charge < -0.3 is 0 Å². The van der Waals surface area contributed by atoms with E-state index in [0.717, 1.165) is 20.9 Å². The Morgan fingerprint density at radius 2 is 2.14 bits per heavy atom. The van der Waals surface area contributed by atoms with Crippen LogP contribution >= 0.6 is 15.9 Å². The highest BCUT2D eigenvalue weighted by molar-refractivity contribution is 9.10. The SMILES string of the molecule is Cc1cc2cc(Br)ccc2c(C#N)n1. The van der Waals surface area contributed by atoms with Gasteiger partial charge in [-0.15, -0.1) is 0 Å². The Balaban J connectivity index is 2.89. The van der Waals surface area contributed by atoms with Crippen LogP contribution in [0.3, 0.4) is 0 Å². The molecule has 0 spiro atoms. The third-order valence-corrected chi connectivity index (χ3v) is 2.52. The van der Waals surface area contributed by atoms with Crippen LogP contribution in [0.5, 0.6) is 0 Å². The lowest BCUT2D eigenvalue weighted by Crippen LogP contribution is -1.88. The number of halogens is 1. The normalized spacial score (nSPS) is 10.1. The number of rotatable bonds is 0. The fraction of sp³-hybridized carbons (Fsp3) is 0.0909. The zero-order chi connectivity index (χ0) is 10.1. The van der Waals surface area contributed by atoms with Gasteiger partial charge in [0.05, 0.1) is 0 Å². The van der Waals surface area contributed by atoms with E-state index >= 15 is 0 Å². The summed E-state index contributed by atoms with van der Waals surface area (Å²) in [5.74, 6) is 0. The van der Waals surface area contributed by atoms with E-state index in [1.54, 1.807) is 0 Å². The van der Waals surface area contributed by atoms with E-state index in [2.05, 4.69) is 27.0 Å². The minimum atomic E-state index is 0.493. The average molecular weight is 247 g/mol. The summed E-state index contributed by atoms with van der Waals surface area (Å²) in [6, 6.07) is 9.89. The van der Waals surface area contributed by atoms with Crippen LogP contribution in [0.15, 0.2) is 28.7 Å². The molecule has 0 amide bonds. The molecule has 0 atom stereocenters. The Labute approximate surface area is 90.3 Å². The maximum atomic E-state index is 8.91. The lowest BCUT2D eigenvalue weighted by atomic mass is 10.1. The summed E-state index contributed by atoms with van der Waals surface area (Å²) in [7, 11) is 0. The van der Waals surface area contributed by atoms with Gasteiger partial charge in [0.15, 0.2) is 0 Å². The molecule has 0 saturated heterocycles. The fourth-order valence-electron chi connectivity index (χ4n) is 1.45. The molecule has 0 aliphatic rings. The smallest absolute Gasteiger partial charge is 0.148 e. The number of hydrogen-bond donors (Lipinski definition) is 0. The van der Waals surface area contributed by atoms with Crippen molar-refractivity contribution < 1.29 is 0 Å². The lowest BCUT2D eigenvalue weighted by molar-refractivity contribution is 1.19. The van der Waals surface area contributed by atoms with Crippen molar-refractivity contribution in [2.45, 2.75) is 6.92 Å². The van der Waals surface area contributed by atoms with Gasteiger partial charge in [-0.1, -0.05) is 22.0 Å². The summed E-state index contributed by atoms with van der Waals surface area (Å²) in [6.07, 6.45) is 0. The zero-order valence-electron chi connectivity index (χ0n) is 7.58. The summed E-state index contributed by atoms with van der Waals surface area (Å²) in [6.45, 7) is 1.89. The number of pyridine rings is 1. The molecule has 0 saturated carbocycles. The molecule has 3 heteroatoms. The molecule has 2 aromatic rings. The van der Waals surface area contributed by atoms with Gasteiger partial charge in [-0.2, -0.15) is 5.26 Å². The molecule has 1 aromatic heterocycles. The van der Waals surface area contributed by atoms with Crippen molar-refractivity contribution in [3.8, 4) is 6.07 Å². The molecular weight excluding hydrogens is 240 g/mol. The molecular formula is C11H7BrN2. The Morgan fingerprint density at radius 3 is 2.86 bits per heavy atom. The van der Waals surface area contributed by atoms with Gasteiger partial charge in [0.25, 0.3) is 0 Å². The van der Waals surface area contributed by atoms with E-state index in [9.17, 15) is 0 Å². The minimum absolute atomic E-state index is 0.493. The van der Waals surface area contributed by atoms with Gasteiger partial charge >= 0.3 is 0 Å². The van der Waals surface area contributed by atoms with Crippen molar-refractivity contribution in [1.29, 1.82) is 5.26 Å². The molecule has 2 rings (SSSR count). The summed E-state index contributed by atoms with van der Waals surface area (Å²) in [5.41, 5.74) is 1.36. The van der Waals surface area contributed by atoms with Crippen LogP contribution in [0, 0.1) is 18.3 Å². The second-order valence-electron chi connectivity index (χ2n) is 3.09. The topological polar surface area (TPSA) is 36.7 Å². The number of nitriles is 1. The maximum absolute atomic E-state index is 8.91. The van der Waals surface area contributed by atoms with Crippen LogP contribution in [-0.2, 0) is 0 Å². The summed E-state index contributed by atoms with van der Waals surface area (Å²) in [5, 5.41) is 10.9. The second-order valence-corrected chi connectivity index (χ2v) is 4.01. The van der Waals surface area contributed by atoms with Gasteiger partial charge in [-0.3, -0.25) is 0 Å². The first-order valence-corrected chi connectivity index (χ1v) is 4.97. The van der Waals surface area contributed by atoms with Crippen LogP contribution in [0.1, 0.15) is 11.4 Å². The molecule has 0 unspecified atom stereocenters. The molecule has 0 aliphatic carbocycles. The number of aryl methyl sites for hydroxylation is 1. The van der Waals surface area contributed by atoms with Crippen molar-refractivity contribution in [1.82, 2.24) is 4.98 Å². The van der Waals surface area contributed by atoms with Gasteiger partial charge in [0.2, 0.25) is 0 Å². The number of hydrogen-bond acceptors (Lipinski definition) is 2. The molecule has 0 radical (unpaired) electrons. The molecule has 0 aliphatic heterocycles. The lowest BCUT2D eigenvalue weighted by Gasteiger charge is -2.01. The molecule has 1 heterocycles. The number of aromatic nitrogens is 1. The Morgan fingerprint density at radius 1 is 1.36 bits per heavy atom. The average Bonchev–Trinajstić information content (AvgIpc) is 2.15. The summed E-state index contributed by atoms with van der Waals surface area (Å²) in [4.78, 5) is 4.17. The summed E-state index contributed by atoms with van der Waals surface area (Å²) < 4.78 is 1.01. The van der Waals surface area contributed by atoms with Crippen LogP contribution in [0.4, 0.5) is 0 Å². The first-order chi connectivity index (χ1) is 6.70. The highest BCUT2D eigenvalue weighted by atomic mass is 79.9. The van der Waals surface area contributed by atoms with Crippen molar-refractivity contribution >= 4 is 26.7 Å². The van der Waals surface area contributed by atoms with Gasteiger partial charge in [0.1, 0.15) is 11.8 Å². The Hall–Kier alpha value is -1.40. The van der Waals surface area contributed by atoms with Crippen LogP contribution in [0.2, 0.25) is 0 Å². The van der Waals surface area contributed by atoms with Gasteiger partial charge in [0, 0.05) is 15.6 Å². The molecule has 2 nitrogen and oxygen atoms in total. The van der Waals surface area contributed by atoms with Gasteiger partial charge in [-0.05, 0) is 30.5 Å². The van der Waals surface area contributed by atoms with E-state index in [-0.39, 0.29) is 0 Å². The predicted molar refractivity (Wildman–Crippen MR) is 58.9 cm³/mol. The molecule has 0 bridgehead atoms. The number of nitrogens with zero attached hydrogens (tertiary/aromatic N) is 2. The zero-order valence-corrected chi connectivity index (χ0v) is 9.17. The van der Waals surface area contributed by atoms with E-state index in [1.165, 1.54) is 0 Å². The van der Waals surface area contributed by atoms with Crippen LogP contribution in [0.25, 0.3) is 10.8 Å². The number of benzene rings is 1. The monoisotopic (exact) mass is 246 g/mol. The molecule has 1 aromatic carbocycles. The minimum Gasteiger partial charge on any atom is -0.242 e. The van der Waals surface area contributed by atoms with Crippen molar-refractivity contribution in [3.63, 3.8) is 0 Å². The predicted octanol–water partition coefficient (Wildman–Crippen LogP) is 3.18. The third kappa shape index (κ3) is 1.49. The fourth-order valence-corrected chi connectivity index (χ4v) is 1.83. The number of fused-ring (bicyclic) bond motifs is 1. The van der Waals surface area contributed by atoms with Crippen LogP contribution < -0.4 is 0 Å². The van der Waals surface area contributed by atoms with Crippen molar-refractivity contribution in [2.75, 3.05) is 0 Å². The first-order valence-electron chi connectivity index (χ1n) is 4.18. The molecule has 0 fully saturated rings. The Kier molecular flexibility index (Phi) is 2.22. The summed E-state index contributed by atoms with van der Waals surface area (Å²) >= 11 is 3.40. The first kappa shape index (κ1) is 9.17. The molecule has 0 N–H and O–H groups in total. The van der Waals surface area contributed by atoms with Crippen LogP contribution in [-0.4, -0.2) is 4.98 Å². The van der Waals surface area contributed by atoms with Crippen molar-refractivity contribution in [2.24, 2.45) is 0 Å². The molecule has 14 heavy (non-hydrogen) atoms. The highest BCUT2D eigenvalue weighted by Crippen LogP contribution is 2.22. The van der Waals surface area contributed by atoms with E-state index in [1.807, 2.05) is 31.2 Å².